The molecule has 5 rings (SSSR count). The Morgan fingerprint density at radius 1 is 1.21 bits per heavy atom. The second-order valence-electron chi connectivity index (χ2n) is 9.39. The maximum atomic E-state index is 12.9. The maximum Gasteiger partial charge on any atom is 0.238 e. The number of nitrogens with one attached hydrogen (secondary N) is 2. The highest BCUT2D eigenvalue weighted by atomic mass is 16.5. The van der Waals surface area contributed by atoms with E-state index >= 15 is 0 Å². The van der Waals surface area contributed by atoms with E-state index in [4.69, 9.17) is 9.72 Å². The number of carbonyl (C=O) groups excluding carboxylic acids is 2. The van der Waals surface area contributed by atoms with E-state index in [1.54, 1.807) is 6.08 Å². The average molecular weight is 456 g/mol. The third kappa shape index (κ3) is 4.10. The van der Waals surface area contributed by atoms with Crippen molar-refractivity contribution in [1.82, 2.24) is 15.6 Å². The number of ketones is 1. The molecule has 1 saturated carbocycles. The minimum atomic E-state index is -0.788. The number of ether oxygens (including phenoxy) is 1. The Balaban J connectivity index is 1.35. The summed E-state index contributed by atoms with van der Waals surface area (Å²) in [7, 11) is 0. The van der Waals surface area contributed by atoms with Gasteiger partial charge in [0, 0.05) is 35.9 Å². The van der Waals surface area contributed by atoms with E-state index in [1.165, 1.54) is 6.92 Å². The lowest BCUT2D eigenvalue weighted by Crippen LogP contribution is -2.50. The third-order valence-corrected chi connectivity index (χ3v) is 6.97. The Morgan fingerprint density at radius 2 is 2.00 bits per heavy atom. The number of Topliss-reactive ketones (excluding diaryl/α,β-unsaturated/α-hetero) is 1. The second-order valence-corrected chi connectivity index (χ2v) is 9.39. The fraction of sp³-hybridized carbons (Fsp3) is 0.321. The van der Waals surface area contributed by atoms with Crippen LogP contribution >= 0.6 is 0 Å². The van der Waals surface area contributed by atoms with Crippen molar-refractivity contribution in [3.05, 3.63) is 72.8 Å². The molecule has 34 heavy (non-hydrogen) atoms. The van der Waals surface area contributed by atoms with Crippen LogP contribution in [0.25, 0.3) is 22.2 Å². The van der Waals surface area contributed by atoms with E-state index in [-0.39, 0.29) is 23.7 Å². The van der Waals surface area contributed by atoms with Crippen molar-refractivity contribution in [2.75, 3.05) is 6.54 Å². The van der Waals surface area contributed by atoms with Crippen LogP contribution in [-0.2, 0) is 9.59 Å². The summed E-state index contributed by atoms with van der Waals surface area (Å²) in [6.45, 7) is 7.90. The molecule has 4 atom stereocenters. The van der Waals surface area contributed by atoms with Crippen molar-refractivity contribution in [3.8, 4) is 17.0 Å². The van der Waals surface area contributed by atoms with Crippen molar-refractivity contribution >= 4 is 22.6 Å². The fourth-order valence-corrected chi connectivity index (χ4v) is 4.85. The van der Waals surface area contributed by atoms with Gasteiger partial charge in [-0.05, 0) is 38.0 Å². The molecule has 2 heterocycles. The summed E-state index contributed by atoms with van der Waals surface area (Å²) in [5, 5.41) is 7.18. The van der Waals surface area contributed by atoms with Gasteiger partial charge in [-0.3, -0.25) is 9.59 Å². The Kier molecular flexibility index (Phi) is 5.70. The van der Waals surface area contributed by atoms with E-state index < -0.39 is 11.6 Å². The van der Waals surface area contributed by atoms with Gasteiger partial charge in [0.25, 0.3) is 0 Å². The van der Waals surface area contributed by atoms with Gasteiger partial charge in [-0.2, -0.15) is 0 Å². The lowest BCUT2D eigenvalue weighted by Gasteiger charge is -2.19. The first-order chi connectivity index (χ1) is 16.4. The molecule has 1 aromatic heterocycles. The van der Waals surface area contributed by atoms with Crippen LogP contribution in [0.5, 0.6) is 5.75 Å². The van der Waals surface area contributed by atoms with Gasteiger partial charge in [-0.15, -0.1) is 6.58 Å². The lowest BCUT2D eigenvalue weighted by molar-refractivity contribution is -0.129. The molecule has 0 bridgehead atoms. The molecule has 6 heteroatoms. The van der Waals surface area contributed by atoms with Crippen LogP contribution in [0, 0.1) is 12.8 Å². The molecular weight excluding hydrogens is 426 g/mol. The van der Waals surface area contributed by atoms with Crippen molar-refractivity contribution in [3.63, 3.8) is 0 Å². The minimum Gasteiger partial charge on any atom is -0.488 e. The monoisotopic (exact) mass is 455 g/mol. The van der Waals surface area contributed by atoms with Gasteiger partial charge in [0.15, 0.2) is 5.78 Å². The smallest absolute Gasteiger partial charge is 0.238 e. The number of hydrogen-bond acceptors (Lipinski definition) is 5. The molecule has 2 aliphatic rings. The summed E-state index contributed by atoms with van der Waals surface area (Å²) < 4.78 is 6.44. The summed E-state index contributed by atoms with van der Waals surface area (Å²) in [4.78, 5) is 29.9. The maximum absolute atomic E-state index is 12.9. The first-order valence-electron chi connectivity index (χ1n) is 11.7. The van der Waals surface area contributed by atoms with E-state index in [2.05, 4.69) is 29.3 Å². The van der Waals surface area contributed by atoms with E-state index in [1.807, 2.05) is 49.4 Å². The molecule has 1 unspecified atom stereocenters. The molecular formula is C28H29N3O3. The van der Waals surface area contributed by atoms with Gasteiger partial charge in [0.05, 0.1) is 17.3 Å². The second kappa shape index (κ2) is 8.69. The molecule has 6 nitrogen and oxygen atoms in total. The number of benzene rings is 2. The molecule has 2 fully saturated rings. The first-order valence-corrected chi connectivity index (χ1v) is 11.7. The van der Waals surface area contributed by atoms with Crippen LogP contribution in [0.3, 0.4) is 0 Å². The van der Waals surface area contributed by atoms with Crippen molar-refractivity contribution in [2.45, 2.75) is 44.4 Å². The topological polar surface area (TPSA) is 80.3 Å². The van der Waals surface area contributed by atoms with Crippen LogP contribution < -0.4 is 15.4 Å². The molecule has 1 amide bonds. The highest BCUT2D eigenvalue weighted by molar-refractivity contribution is 5.96. The number of pyridine rings is 1. The standard InChI is InChI=1S/C28H29N3O3/c1-4-20-15-28(20,18(3)32)31-27(33)25-13-21(16-29-25)34-26-14-23(19-8-6-5-7-9-19)30-24-12-17(2)10-11-22(24)26/h4-12,14,20-21,25,29H,1,13,15-16H2,2-3H3,(H,31,33)/t20?,21-,25+,28+/m1/s1. The predicted molar refractivity (Wildman–Crippen MR) is 133 cm³/mol. The van der Waals surface area contributed by atoms with E-state index in [0.29, 0.717) is 19.4 Å². The number of hydrogen-bond donors (Lipinski definition) is 2. The third-order valence-electron chi connectivity index (χ3n) is 6.97. The summed E-state index contributed by atoms with van der Waals surface area (Å²) >= 11 is 0. The SMILES string of the molecule is C=CC1C[C@]1(NC(=O)[C@@H]1C[C@@H](Oc2cc(-c3ccccc3)nc3cc(C)ccc23)CN1)C(C)=O. The predicted octanol–water partition coefficient (Wildman–Crippen LogP) is 3.97. The van der Waals surface area contributed by atoms with Crippen molar-refractivity contribution in [2.24, 2.45) is 5.92 Å². The van der Waals surface area contributed by atoms with Crippen LogP contribution in [-0.4, -0.2) is 40.9 Å². The van der Waals surface area contributed by atoms with Gasteiger partial charge in [-0.25, -0.2) is 4.98 Å². The van der Waals surface area contributed by atoms with Crippen LogP contribution in [0.2, 0.25) is 0 Å². The Morgan fingerprint density at radius 3 is 2.71 bits per heavy atom. The zero-order chi connectivity index (χ0) is 23.9. The molecule has 174 valence electrons. The first kappa shape index (κ1) is 22.3. The molecule has 2 N–H and O–H groups in total. The normalized spacial score (nSPS) is 25.6. The summed E-state index contributed by atoms with van der Waals surface area (Å²) in [6.07, 6.45) is 2.72. The molecule has 3 aromatic rings. The molecule has 1 aliphatic heterocycles. The summed E-state index contributed by atoms with van der Waals surface area (Å²) in [6, 6.07) is 17.7. The largest absolute Gasteiger partial charge is 0.488 e. The minimum absolute atomic E-state index is 0.00504. The fourth-order valence-electron chi connectivity index (χ4n) is 4.85. The van der Waals surface area contributed by atoms with E-state index in [0.717, 1.165) is 33.5 Å². The summed E-state index contributed by atoms with van der Waals surface area (Å²) in [5.74, 6) is 0.575. The number of aromatic nitrogens is 1. The van der Waals surface area contributed by atoms with Gasteiger partial charge < -0.3 is 15.4 Å². The zero-order valence-electron chi connectivity index (χ0n) is 19.5. The number of rotatable bonds is 7. The van der Waals surface area contributed by atoms with Crippen molar-refractivity contribution < 1.29 is 14.3 Å². The lowest BCUT2D eigenvalue weighted by atomic mass is 10.1. The van der Waals surface area contributed by atoms with Gasteiger partial charge in [0.2, 0.25) is 5.91 Å². The van der Waals surface area contributed by atoms with Crippen LogP contribution in [0.1, 0.15) is 25.3 Å². The quantitative estimate of drug-likeness (QED) is 0.527. The highest BCUT2D eigenvalue weighted by Crippen LogP contribution is 2.45. The van der Waals surface area contributed by atoms with Crippen molar-refractivity contribution in [1.29, 1.82) is 0 Å². The number of amides is 1. The van der Waals surface area contributed by atoms with Gasteiger partial charge in [0.1, 0.15) is 17.4 Å². The number of fused-ring (bicyclic) bond motifs is 1. The van der Waals surface area contributed by atoms with Crippen LogP contribution in [0.15, 0.2) is 67.3 Å². The molecule has 1 saturated heterocycles. The Labute approximate surface area is 199 Å². The highest BCUT2D eigenvalue weighted by Gasteiger charge is 2.58. The molecule has 0 radical (unpaired) electrons. The number of carbonyl (C=O) groups is 2. The molecule has 0 spiro atoms. The molecule has 1 aliphatic carbocycles. The Bertz CT molecular complexity index is 1270. The number of aryl methyl sites for hydroxylation is 1. The average Bonchev–Trinajstić information content (AvgIpc) is 3.36. The number of nitrogens with zero attached hydrogens (tertiary/aromatic N) is 1. The zero-order valence-corrected chi connectivity index (χ0v) is 19.5. The van der Waals surface area contributed by atoms with E-state index in [9.17, 15) is 9.59 Å². The van der Waals surface area contributed by atoms with Crippen LogP contribution in [0.4, 0.5) is 0 Å². The van der Waals surface area contributed by atoms with Gasteiger partial charge in [-0.1, -0.05) is 42.5 Å². The van der Waals surface area contributed by atoms with Gasteiger partial charge >= 0.3 is 0 Å². The summed E-state index contributed by atoms with van der Waals surface area (Å²) in [5.41, 5.74) is 3.09. The molecule has 2 aromatic carbocycles. The Hall–Kier alpha value is -3.51.